The Hall–Kier alpha value is -0.380. The predicted octanol–water partition coefficient (Wildman–Crippen LogP) is 12.4. The van der Waals surface area contributed by atoms with Crippen molar-refractivity contribution in [3.8, 4) is 0 Å². The van der Waals surface area contributed by atoms with Crippen LogP contribution in [0, 0.1) is 0 Å². The largest absolute Gasteiger partial charge is 0.395 e. The van der Waals surface area contributed by atoms with Gasteiger partial charge >= 0.3 is 0 Å². The first-order chi connectivity index (χ1) is 21.3. The van der Waals surface area contributed by atoms with Crippen molar-refractivity contribution in [2.24, 2.45) is 0 Å². The van der Waals surface area contributed by atoms with Gasteiger partial charge in [-0.1, -0.05) is 212 Å². The number of hydrogen-bond donors (Lipinski definition) is 3. The van der Waals surface area contributed by atoms with E-state index in [0.717, 1.165) is 19.4 Å². The zero-order valence-electron chi connectivity index (χ0n) is 29.7. The minimum atomic E-state index is -0.595. The molecule has 0 amide bonds. The van der Waals surface area contributed by atoms with Crippen LogP contribution in [-0.4, -0.2) is 35.5 Å². The number of aliphatic hydroxyl groups excluding tert-OH is 2. The van der Waals surface area contributed by atoms with Crippen LogP contribution in [0.2, 0.25) is 0 Å². The first-order valence-corrected chi connectivity index (χ1v) is 19.9. The van der Waals surface area contributed by atoms with Crippen LogP contribution < -0.4 is 5.32 Å². The molecule has 43 heavy (non-hydrogen) atoms. The van der Waals surface area contributed by atoms with E-state index >= 15 is 0 Å². The molecule has 0 saturated heterocycles. The van der Waals surface area contributed by atoms with Gasteiger partial charge in [0.15, 0.2) is 0 Å². The Morgan fingerprint density at radius 3 is 1.07 bits per heavy atom. The van der Waals surface area contributed by atoms with Gasteiger partial charge in [0.05, 0.1) is 18.8 Å². The van der Waals surface area contributed by atoms with Crippen LogP contribution in [0.25, 0.3) is 0 Å². The number of nitrogens with one attached hydrogen (secondary N) is 1. The van der Waals surface area contributed by atoms with Crippen LogP contribution >= 0.6 is 0 Å². The lowest BCUT2D eigenvalue weighted by molar-refractivity contribution is 0.123. The Bertz CT molecular complexity index is 523. The van der Waals surface area contributed by atoms with Crippen molar-refractivity contribution in [2.45, 2.75) is 231 Å². The summed E-state index contributed by atoms with van der Waals surface area (Å²) in [5.74, 6) is 0. The van der Waals surface area contributed by atoms with Crippen molar-refractivity contribution >= 4 is 0 Å². The van der Waals surface area contributed by atoms with Gasteiger partial charge in [0.1, 0.15) is 0 Å². The van der Waals surface area contributed by atoms with Crippen LogP contribution in [0.3, 0.4) is 0 Å². The molecule has 0 aromatic heterocycles. The van der Waals surface area contributed by atoms with Crippen molar-refractivity contribution in [1.82, 2.24) is 5.32 Å². The lowest BCUT2D eigenvalue weighted by Crippen LogP contribution is -2.42. The third-order valence-corrected chi connectivity index (χ3v) is 9.35. The second-order valence-corrected chi connectivity index (χ2v) is 13.7. The Morgan fingerprint density at radius 2 is 0.744 bits per heavy atom. The maximum Gasteiger partial charge on any atom is 0.0896 e. The molecule has 0 spiro atoms. The lowest BCUT2D eigenvalue weighted by atomic mass is 10.0. The third-order valence-electron chi connectivity index (χ3n) is 9.35. The van der Waals surface area contributed by atoms with Crippen molar-refractivity contribution in [3.63, 3.8) is 0 Å². The minimum absolute atomic E-state index is 0.0108. The van der Waals surface area contributed by atoms with E-state index in [1.54, 1.807) is 0 Å². The number of unbranched alkanes of at least 4 members (excludes halogenated alkanes) is 30. The van der Waals surface area contributed by atoms with Crippen LogP contribution in [0.5, 0.6) is 0 Å². The first kappa shape index (κ1) is 42.6. The SMILES string of the molecule is CCCCCCCCCCCCC/C=C/[C@@H](O)[C@H](CO)NCCCCCCCCCCCCCCCCCCCCCC. The molecular formula is C40H81NO2. The maximum atomic E-state index is 10.4. The number of aliphatic hydroxyl groups is 2. The van der Waals surface area contributed by atoms with Gasteiger partial charge in [0.25, 0.3) is 0 Å². The molecule has 0 aromatic carbocycles. The van der Waals surface area contributed by atoms with E-state index in [4.69, 9.17) is 0 Å². The normalized spacial score (nSPS) is 13.3. The molecule has 258 valence electrons. The number of rotatable bonds is 37. The van der Waals surface area contributed by atoms with Crippen molar-refractivity contribution < 1.29 is 10.2 Å². The van der Waals surface area contributed by atoms with Gasteiger partial charge in [-0.3, -0.25) is 0 Å². The molecule has 0 aliphatic heterocycles. The highest BCUT2D eigenvalue weighted by molar-refractivity contribution is 4.94. The van der Waals surface area contributed by atoms with Gasteiger partial charge in [0, 0.05) is 0 Å². The Morgan fingerprint density at radius 1 is 0.442 bits per heavy atom. The fourth-order valence-corrected chi connectivity index (χ4v) is 6.26. The zero-order chi connectivity index (χ0) is 31.3. The Balaban J connectivity index is 3.41. The molecule has 0 fully saturated rings. The molecule has 0 rings (SSSR count). The molecule has 0 unspecified atom stereocenters. The molecule has 0 radical (unpaired) electrons. The zero-order valence-corrected chi connectivity index (χ0v) is 29.7. The summed E-state index contributed by atoms with van der Waals surface area (Å²) in [7, 11) is 0. The predicted molar refractivity (Wildman–Crippen MR) is 193 cm³/mol. The van der Waals surface area contributed by atoms with Crippen LogP contribution in [0.4, 0.5) is 0 Å². The molecule has 3 nitrogen and oxygen atoms in total. The first-order valence-electron chi connectivity index (χ1n) is 19.9. The highest BCUT2D eigenvalue weighted by atomic mass is 16.3. The molecule has 0 bridgehead atoms. The summed E-state index contributed by atoms with van der Waals surface area (Å²) in [6.45, 7) is 5.45. The van der Waals surface area contributed by atoms with Gasteiger partial charge in [-0.15, -0.1) is 0 Å². The summed E-state index contributed by atoms with van der Waals surface area (Å²) in [5, 5.41) is 23.5. The van der Waals surface area contributed by atoms with E-state index in [9.17, 15) is 10.2 Å². The van der Waals surface area contributed by atoms with Gasteiger partial charge in [0.2, 0.25) is 0 Å². The molecule has 2 atom stereocenters. The summed E-state index contributed by atoms with van der Waals surface area (Å²) in [6.07, 6.45) is 47.4. The fraction of sp³-hybridized carbons (Fsp3) is 0.950. The van der Waals surface area contributed by atoms with Crippen molar-refractivity contribution in [2.75, 3.05) is 13.2 Å². The summed E-state index contributed by atoms with van der Waals surface area (Å²) in [5.41, 5.74) is 0. The minimum Gasteiger partial charge on any atom is -0.395 e. The highest BCUT2D eigenvalue weighted by Gasteiger charge is 2.14. The Kier molecular flexibility index (Phi) is 37.5. The van der Waals surface area contributed by atoms with Gasteiger partial charge in [-0.25, -0.2) is 0 Å². The van der Waals surface area contributed by atoms with Crippen LogP contribution in [0.1, 0.15) is 219 Å². The Labute approximate surface area is 271 Å². The van der Waals surface area contributed by atoms with E-state index in [2.05, 4.69) is 25.2 Å². The number of hydrogen-bond acceptors (Lipinski definition) is 3. The van der Waals surface area contributed by atoms with Gasteiger partial charge in [-0.05, 0) is 25.8 Å². The van der Waals surface area contributed by atoms with Gasteiger partial charge < -0.3 is 15.5 Å². The number of allylic oxidation sites excluding steroid dienone is 1. The van der Waals surface area contributed by atoms with E-state index in [1.807, 2.05) is 6.08 Å². The topological polar surface area (TPSA) is 52.5 Å². The average molecular weight is 608 g/mol. The average Bonchev–Trinajstić information content (AvgIpc) is 3.02. The quantitative estimate of drug-likeness (QED) is 0.0486. The summed E-state index contributed by atoms with van der Waals surface area (Å²) in [4.78, 5) is 0. The molecule has 0 aliphatic rings. The van der Waals surface area contributed by atoms with Crippen LogP contribution in [0.15, 0.2) is 12.2 Å². The monoisotopic (exact) mass is 608 g/mol. The van der Waals surface area contributed by atoms with Crippen molar-refractivity contribution in [3.05, 3.63) is 12.2 Å². The maximum absolute atomic E-state index is 10.4. The molecule has 0 heterocycles. The molecule has 0 aliphatic carbocycles. The van der Waals surface area contributed by atoms with Crippen LogP contribution in [-0.2, 0) is 0 Å². The van der Waals surface area contributed by atoms with E-state index in [1.165, 1.54) is 193 Å². The third kappa shape index (κ3) is 34.3. The standard InChI is InChI=1S/C40H81NO2/c1-3-5-7-9-11-13-15-17-18-19-20-21-22-23-25-27-29-31-33-35-37-41-39(38-42)40(43)36-34-32-30-28-26-24-16-14-12-10-8-6-4-2/h34,36,39-43H,3-33,35,37-38H2,1-2H3/b36-34+/t39-,40+/m0/s1. The van der Waals surface area contributed by atoms with E-state index in [-0.39, 0.29) is 12.6 Å². The fourth-order valence-electron chi connectivity index (χ4n) is 6.26. The smallest absolute Gasteiger partial charge is 0.0896 e. The van der Waals surface area contributed by atoms with E-state index < -0.39 is 6.10 Å². The molecule has 0 saturated carbocycles. The second kappa shape index (κ2) is 37.8. The molecule has 0 aromatic rings. The molecular weight excluding hydrogens is 526 g/mol. The summed E-state index contributed by atoms with van der Waals surface area (Å²) >= 11 is 0. The highest BCUT2D eigenvalue weighted by Crippen LogP contribution is 2.15. The van der Waals surface area contributed by atoms with Gasteiger partial charge in [-0.2, -0.15) is 0 Å². The lowest BCUT2D eigenvalue weighted by Gasteiger charge is -2.19. The van der Waals surface area contributed by atoms with E-state index in [0.29, 0.717) is 0 Å². The summed E-state index contributed by atoms with van der Waals surface area (Å²) in [6, 6.07) is -0.242. The second-order valence-electron chi connectivity index (χ2n) is 13.7. The molecule has 3 heteroatoms. The summed E-state index contributed by atoms with van der Waals surface area (Å²) < 4.78 is 0. The molecule has 3 N–H and O–H groups in total. The van der Waals surface area contributed by atoms with Crippen molar-refractivity contribution in [1.29, 1.82) is 0 Å².